The van der Waals surface area contributed by atoms with Gasteiger partial charge in [-0.2, -0.15) is 0 Å². The molecule has 0 aromatic heterocycles. The molecular weight excluding hydrogens is 336 g/mol. The van der Waals surface area contributed by atoms with E-state index in [1.807, 2.05) is 13.1 Å². The van der Waals surface area contributed by atoms with Gasteiger partial charge in [0.05, 0.1) is 5.56 Å². The first-order valence-electron chi connectivity index (χ1n) is 8.86. The van der Waals surface area contributed by atoms with Crippen LogP contribution in [0.2, 0.25) is 0 Å². The number of esters is 2. The molecule has 1 amide bonds. The Hall–Kier alpha value is -2.41. The molecule has 2 unspecified atom stereocenters. The summed E-state index contributed by atoms with van der Waals surface area (Å²) in [6.07, 6.45) is 1.85. The number of rotatable bonds is 5. The van der Waals surface area contributed by atoms with E-state index in [1.54, 1.807) is 24.3 Å². The van der Waals surface area contributed by atoms with Gasteiger partial charge >= 0.3 is 11.9 Å². The van der Waals surface area contributed by atoms with Crippen molar-refractivity contribution in [1.82, 2.24) is 10.2 Å². The van der Waals surface area contributed by atoms with Gasteiger partial charge in [-0.05, 0) is 32.0 Å². The highest BCUT2D eigenvalue weighted by Crippen LogP contribution is 2.40. The fraction of sp³-hybridized carbons (Fsp3) is 0.526. The molecule has 0 saturated carbocycles. The monoisotopic (exact) mass is 360 g/mol. The SMILES string of the molecule is CNC(=O)COC(=O)[C@@H]1C2CCC(C[C@@H]1OC(=O)c1ccccc1)N2C. The van der Waals surface area contributed by atoms with Crippen molar-refractivity contribution in [2.45, 2.75) is 37.5 Å². The molecule has 4 atom stereocenters. The molecule has 26 heavy (non-hydrogen) atoms. The Labute approximate surface area is 152 Å². The van der Waals surface area contributed by atoms with Crippen LogP contribution in [-0.2, 0) is 19.1 Å². The molecular formula is C19H24N2O5. The fourth-order valence-electron chi connectivity index (χ4n) is 3.94. The highest BCUT2D eigenvalue weighted by Gasteiger charge is 2.51. The van der Waals surface area contributed by atoms with Crippen LogP contribution in [0.5, 0.6) is 0 Å². The Morgan fingerprint density at radius 2 is 1.92 bits per heavy atom. The van der Waals surface area contributed by atoms with E-state index in [0.717, 1.165) is 12.8 Å². The van der Waals surface area contributed by atoms with Crippen LogP contribution >= 0.6 is 0 Å². The van der Waals surface area contributed by atoms with Gasteiger partial charge in [-0.1, -0.05) is 18.2 Å². The molecule has 7 heteroatoms. The molecule has 0 aliphatic carbocycles. The van der Waals surface area contributed by atoms with Crippen molar-refractivity contribution in [3.63, 3.8) is 0 Å². The minimum Gasteiger partial charge on any atom is -0.458 e. The van der Waals surface area contributed by atoms with Crippen molar-refractivity contribution in [3.8, 4) is 0 Å². The summed E-state index contributed by atoms with van der Waals surface area (Å²) in [6.45, 7) is -0.328. The van der Waals surface area contributed by atoms with E-state index in [1.165, 1.54) is 7.05 Å². The van der Waals surface area contributed by atoms with Gasteiger partial charge in [0, 0.05) is 25.6 Å². The molecule has 140 valence electrons. The van der Waals surface area contributed by atoms with Crippen molar-refractivity contribution in [2.75, 3.05) is 20.7 Å². The number of benzene rings is 1. The second-order valence-corrected chi connectivity index (χ2v) is 6.82. The van der Waals surface area contributed by atoms with Crippen LogP contribution in [0.25, 0.3) is 0 Å². The van der Waals surface area contributed by atoms with Gasteiger partial charge in [0.15, 0.2) is 6.61 Å². The second-order valence-electron chi connectivity index (χ2n) is 6.82. The third-order valence-electron chi connectivity index (χ3n) is 5.38. The smallest absolute Gasteiger partial charge is 0.338 e. The summed E-state index contributed by atoms with van der Waals surface area (Å²) in [4.78, 5) is 38.7. The molecule has 2 aliphatic heterocycles. The van der Waals surface area contributed by atoms with Gasteiger partial charge in [0.25, 0.3) is 5.91 Å². The number of piperidine rings is 1. The number of amides is 1. The van der Waals surface area contributed by atoms with E-state index in [2.05, 4.69) is 10.2 Å². The fourth-order valence-corrected chi connectivity index (χ4v) is 3.94. The molecule has 3 rings (SSSR count). The van der Waals surface area contributed by atoms with Crippen LogP contribution in [0.3, 0.4) is 0 Å². The summed E-state index contributed by atoms with van der Waals surface area (Å²) in [5.74, 6) is -1.89. The lowest BCUT2D eigenvalue weighted by atomic mass is 9.87. The van der Waals surface area contributed by atoms with E-state index in [0.29, 0.717) is 12.0 Å². The van der Waals surface area contributed by atoms with Gasteiger partial charge in [-0.3, -0.25) is 14.5 Å². The first-order chi connectivity index (χ1) is 12.5. The number of ether oxygens (including phenoxy) is 2. The minimum atomic E-state index is -0.587. The molecule has 2 fully saturated rings. The van der Waals surface area contributed by atoms with Crippen LogP contribution in [0.1, 0.15) is 29.6 Å². The lowest BCUT2D eigenvalue weighted by Gasteiger charge is -2.40. The normalized spacial score (nSPS) is 27.6. The zero-order chi connectivity index (χ0) is 18.7. The minimum absolute atomic E-state index is 0.0421. The zero-order valence-corrected chi connectivity index (χ0v) is 15.0. The second kappa shape index (κ2) is 7.86. The van der Waals surface area contributed by atoms with E-state index in [-0.39, 0.29) is 24.6 Å². The molecule has 1 N–H and O–H groups in total. The van der Waals surface area contributed by atoms with E-state index in [4.69, 9.17) is 9.47 Å². The Morgan fingerprint density at radius 3 is 2.62 bits per heavy atom. The largest absolute Gasteiger partial charge is 0.458 e. The quantitative estimate of drug-likeness (QED) is 0.788. The molecule has 2 bridgehead atoms. The van der Waals surface area contributed by atoms with Crippen LogP contribution in [0, 0.1) is 5.92 Å². The van der Waals surface area contributed by atoms with E-state index >= 15 is 0 Å². The van der Waals surface area contributed by atoms with Crippen LogP contribution < -0.4 is 5.32 Å². The number of carbonyl (C=O) groups is 3. The first-order valence-corrected chi connectivity index (χ1v) is 8.86. The maximum atomic E-state index is 12.7. The molecule has 2 aliphatic rings. The van der Waals surface area contributed by atoms with Crippen LogP contribution in [-0.4, -0.2) is 61.6 Å². The maximum absolute atomic E-state index is 12.7. The maximum Gasteiger partial charge on any atom is 0.338 e. The highest BCUT2D eigenvalue weighted by molar-refractivity contribution is 5.90. The lowest BCUT2D eigenvalue weighted by Crippen LogP contribution is -2.54. The number of hydrogen-bond donors (Lipinski definition) is 1. The Morgan fingerprint density at radius 1 is 1.19 bits per heavy atom. The van der Waals surface area contributed by atoms with Crippen molar-refractivity contribution in [2.24, 2.45) is 5.92 Å². The number of fused-ring (bicyclic) bond motifs is 2. The summed E-state index contributed by atoms with van der Waals surface area (Å²) in [7, 11) is 3.47. The Balaban J connectivity index is 1.74. The predicted molar refractivity (Wildman–Crippen MR) is 93.4 cm³/mol. The predicted octanol–water partition coefficient (Wildman–Crippen LogP) is 0.984. The lowest BCUT2D eigenvalue weighted by molar-refractivity contribution is -0.161. The van der Waals surface area contributed by atoms with E-state index in [9.17, 15) is 14.4 Å². The van der Waals surface area contributed by atoms with Crippen molar-refractivity contribution >= 4 is 17.8 Å². The summed E-state index contributed by atoms with van der Waals surface area (Å²) < 4.78 is 10.9. The number of carbonyl (C=O) groups excluding carboxylic acids is 3. The third-order valence-corrected chi connectivity index (χ3v) is 5.38. The standard InChI is InChI=1S/C19H24N2O5/c1-20-16(22)11-25-19(24)17-14-9-8-13(21(14)2)10-15(17)26-18(23)12-6-4-3-5-7-12/h3-7,13-15,17H,8-11H2,1-2H3,(H,20,22)/t13?,14?,15-,17+/m0/s1. The topological polar surface area (TPSA) is 84.9 Å². The van der Waals surface area contributed by atoms with Gasteiger partial charge in [-0.25, -0.2) is 4.79 Å². The molecule has 2 saturated heterocycles. The van der Waals surface area contributed by atoms with Gasteiger partial charge in [0.2, 0.25) is 0 Å². The molecule has 7 nitrogen and oxygen atoms in total. The summed E-state index contributed by atoms with van der Waals surface area (Å²) >= 11 is 0. The molecule has 1 aromatic carbocycles. The number of nitrogens with one attached hydrogen (secondary N) is 1. The van der Waals surface area contributed by atoms with Crippen molar-refractivity contribution in [1.29, 1.82) is 0 Å². The summed E-state index contributed by atoms with van der Waals surface area (Å²) in [5, 5.41) is 2.42. The summed E-state index contributed by atoms with van der Waals surface area (Å²) in [5.41, 5.74) is 0.455. The molecule has 0 spiro atoms. The number of likely N-dealkylation sites (N-methyl/N-ethyl adjacent to an activating group) is 1. The molecule has 2 heterocycles. The molecule has 1 aromatic rings. The van der Waals surface area contributed by atoms with Gasteiger partial charge in [-0.15, -0.1) is 0 Å². The van der Waals surface area contributed by atoms with Crippen LogP contribution in [0.4, 0.5) is 0 Å². The van der Waals surface area contributed by atoms with E-state index < -0.39 is 24.0 Å². The Bertz CT molecular complexity index is 678. The average Bonchev–Trinajstić information content (AvgIpc) is 2.89. The summed E-state index contributed by atoms with van der Waals surface area (Å²) in [6, 6.07) is 8.98. The number of hydrogen-bond acceptors (Lipinski definition) is 6. The third kappa shape index (κ3) is 3.72. The van der Waals surface area contributed by atoms with Crippen LogP contribution in [0.15, 0.2) is 30.3 Å². The number of nitrogens with zero attached hydrogens (tertiary/aromatic N) is 1. The first kappa shape index (κ1) is 18.4. The zero-order valence-electron chi connectivity index (χ0n) is 15.0. The van der Waals surface area contributed by atoms with Gasteiger partial charge < -0.3 is 14.8 Å². The Kier molecular flexibility index (Phi) is 5.56. The van der Waals surface area contributed by atoms with Crippen molar-refractivity contribution in [3.05, 3.63) is 35.9 Å². The average molecular weight is 360 g/mol. The molecule has 0 radical (unpaired) electrons. The van der Waals surface area contributed by atoms with Gasteiger partial charge in [0.1, 0.15) is 12.0 Å². The highest BCUT2D eigenvalue weighted by atomic mass is 16.6. The van der Waals surface area contributed by atoms with Crippen molar-refractivity contribution < 1.29 is 23.9 Å².